The van der Waals surface area contributed by atoms with E-state index in [-0.39, 0.29) is 12.5 Å². The lowest BCUT2D eigenvalue weighted by Crippen LogP contribution is -2.50. The summed E-state index contributed by atoms with van der Waals surface area (Å²) in [5.74, 6) is 0.631. The Morgan fingerprint density at radius 3 is 2.50 bits per heavy atom. The van der Waals surface area contributed by atoms with Gasteiger partial charge in [-0.05, 0) is 42.5 Å². The number of piperazine rings is 1. The van der Waals surface area contributed by atoms with Crippen LogP contribution in [0.4, 0.5) is 11.4 Å². The average molecular weight is 415 g/mol. The van der Waals surface area contributed by atoms with Gasteiger partial charge in [-0.2, -0.15) is 5.26 Å². The third kappa shape index (κ3) is 4.27. The van der Waals surface area contributed by atoms with Crippen molar-refractivity contribution in [2.75, 3.05) is 43.4 Å². The molecule has 26 heavy (non-hydrogen) atoms. The van der Waals surface area contributed by atoms with Crippen molar-refractivity contribution < 1.29 is 9.53 Å². The molecule has 1 heterocycles. The number of hydrogen-bond donors (Lipinski definition) is 1. The summed E-state index contributed by atoms with van der Waals surface area (Å²) in [5.41, 5.74) is 7.74. The fraction of sp³-hybridized carbons (Fsp3) is 0.263. The maximum atomic E-state index is 12.4. The van der Waals surface area contributed by atoms with Crippen molar-refractivity contribution in [3.63, 3.8) is 0 Å². The van der Waals surface area contributed by atoms with Crippen LogP contribution in [0.25, 0.3) is 0 Å². The number of rotatable bonds is 4. The molecule has 7 heteroatoms. The van der Waals surface area contributed by atoms with Crippen LogP contribution in [0.15, 0.2) is 46.9 Å². The molecular formula is C19H19BrN4O2. The lowest BCUT2D eigenvalue weighted by atomic mass is 10.1. The molecule has 1 fully saturated rings. The predicted molar refractivity (Wildman–Crippen MR) is 104 cm³/mol. The van der Waals surface area contributed by atoms with Crippen LogP contribution >= 0.6 is 15.9 Å². The highest BCUT2D eigenvalue weighted by Gasteiger charge is 2.23. The summed E-state index contributed by atoms with van der Waals surface area (Å²) in [5, 5.41) is 9.29. The number of benzene rings is 2. The first-order valence-corrected chi connectivity index (χ1v) is 9.07. The van der Waals surface area contributed by atoms with Crippen LogP contribution in [0, 0.1) is 11.3 Å². The van der Waals surface area contributed by atoms with Gasteiger partial charge in [0.05, 0.1) is 11.3 Å². The van der Waals surface area contributed by atoms with Gasteiger partial charge in [-0.1, -0.05) is 15.9 Å². The lowest BCUT2D eigenvalue weighted by molar-refractivity contribution is -0.133. The highest BCUT2D eigenvalue weighted by Crippen LogP contribution is 2.24. The Labute approximate surface area is 160 Å². The normalized spacial score (nSPS) is 14.0. The van der Waals surface area contributed by atoms with Gasteiger partial charge >= 0.3 is 0 Å². The summed E-state index contributed by atoms with van der Waals surface area (Å²) >= 11 is 3.36. The molecule has 0 aliphatic carbocycles. The SMILES string of the molecule is N#Cc1cc(N)ccc1N1CCN(C(=O)COc2ccc(Br)cc2)CC1. The van der Waals surface area contributed by atoms with Gasteiger partial charge < -0.3 is 20.3 Å². The molecule has 2 aromatic rings. The van der Waals surface area contributed by atoms with E-state index in [1.165, 1.54) is 0 Å². The molecule has 0 atom stereocenters. The highest BCUT2D eigenvalue weighted by molar-refractivity contribution is 9.10. The van der Waals surface area contributed by atoms with Gasteiger partial charge in [0.25, 0.3) is 5.91 Å². The van der Waals surface area contributed by atoms with E-state index in [0.717, 1.165) is 10.2 Å². The van der Waals surface area contributed by atoms with E-state index in [9.17, 15) is 10.1 Å². The molecule has 1 aliphatic rings. The van der Waals surface area contributed by atoms with E-state index in [4.69, 9.17) is 10.5 Å². The largest absolute Gasteiger partial charge is 0.484 e. The lowest BCUT2D eigenvalue weighted by Gasteiger charge is -2.36. The summed E-state index contributed by atoms with van der Waals surface area (Å²) in [6.07, 6.45) is 0. The van der Waals surface area contributed by atoms with Gasteiger partial charge in [0.2, 0.25) is 0 Å². The summed E-state index contributed by atoms with van der Waals surface area (Å²) in [4.78, 5) is 16.3. The topological polar surface area (TPSA) is 82.6 Å². The van der Waals surface area contributed by atoms with Gasteiger partial charge in [0, 0.05) is 36.3 Å². The third-order valence-corrected chi connectivity index (χ3v) is 4.82. The highest BCUT2D eigenvalue weighted by atomic mass is 79.9. The molecule has 0 aromatic heterocycles. The zero-order valence-electron chi connectivity index (χ0n) is 14.2. The van der Waals surface area contributed by atoms with Crippen LogP contribution in [0.5, 0.6) is 5.75 Å². The van der Waals surface area contributed by atoms with E-state index >= 15 is 0 Å². The molecule has 0 bridgehead atoms. The first-order valence-electron chi connectivity index (χ1n) is 8.27. The number of nitriles is 1. The Balaban J connectivity index is 1.54. The second-order valence-electron chi connectivity index (χ2n) is 6.00. The molecule has 0 radical (unpaired) electrons. The van der Waals surface area contributed by atoms with Crippen molar-refractivity contribution in [1.82, 2.24) is 4.90 Å². The number of ether oxygens (including phenoxy) is 1. The van der Waals surface area contributed by atoms with E-state index in [2.05, 4.69) is 26.9 Å². The first-order chi connectivity index (χ1) is 12.6. The maximum Gasteiger partial charge on any atom is 0.260 e. The van der Waals surface area contributed by atoms with Crippen LogP contribution in [0.2, 0.25) is 0 Å². The minimum absolute atomic E-state index is 0.0208. The van der Waals surface area contributed by atoms with Gasteiger partial charge in [-0.3, -0.25) is 4.79 Å². The number of carbonyl (C=O) groups is 1. The monoisotopic (exact) mass is 414 g/mol. The molecule has 0 saturated carbocycles. The van der Waals surface area contributed by atoms with Gasteiger partial charge in [-0.15, -0.1) is 0 Å². The van der Waals surface area contributed by atoms with E-state index in [1.807, 2.05) is 30.3 Å². The first kappa shape index (κ1) is 18.1. The molecular weight excluding hydrogens is 396 g/mol. The summed E-state index contributed by atoms with van der Waals surface area (Å²) in [7, 11) is 0. The Hall–Kier alpha value is -2.72. The minimum Gasteiger partial charge on any atom is -0.484 e. The third-order valence-electron chi connectivity index (χ3n) is 4.29. The van der Waals surface area contributed by atoms with Crippen molar-refractivity contribution in [1.29, 1.82) is 5.26 Å². The van der Waals surface area contributed by atoms with Crippen molar-refractivity contribution in [3.8, 4) is 11.8 Å². The Kier molecular flexibility index (Phi) is 5.64. The number of carbonyl (C=O) groups excluding carboxylic acids is 1. The van der Waals surface area contributed by atoms with Crippen LogP contribution in [0.1, 0.15) is 5.56 Å². The number of hydrogen-bond acceptors (Lipinski definition) is 5. The molecule has 1 aliphatic heterocycles. The molecule has 3 rings (SSSR count). The Morgan fingerprint density at radius 1 is 1.15 bits per heavy atom. The molecule has 2 aromatic carbocycles. The number of nitrogens with zero attached hydrogens (tertiary/aromatic N) is 3. The van der Waals surface area contributed by atoms with Crippen LogP contribution in [-0.4, -0.2) is 43.6 Å². The smallest absolute Gasteiger partial charge is 0.260 e. The van der Waals surface area contributed by atoms with E-state index < -0.39 is 0 Å². The molecule has 2 N–H and O–H groups in total. The molecule has 1 saturated heterocycles. The van der Waals surface area contributed by atoms with Crippen molar-refractivity contribution in [2.45, 2.75) is 0 Å². The van der Waals surface area contributed by atoms with Crippen molar-refractivity contribution in [2.24, 2.45) is 0 Å². The standard InChI is InChI=1S/C19H19BrN4O2/c20-15-1-4-17(5-2-15)26-13-19(25)24-9-7-23(8-10-24)18-6-3-16(22)11-14(18)12-21/h1-6,11H,7-10,13,22H2. The molecule has 6 nitrogen and oxygen atoms in total. The van der Waals surface area contributed by atoms with Gasteiger partial charge in [0.1, 0.15) is 11.8 Å². The van der Waals surface area contributed by atoms with Crippen molar-refractivity contribution in [3.05, 3.63) is 52.5 Å². The van der Waals surface area contributed by atoms with Crippen molar-refractivity contribution >= 4 is 33.2 Å². The number of halogens is 1. The second-order valence-corrected chi connectivity index (χ2v) is 6.91. The quantitative estimate of drug-likeness (QED) is 0.777. The fourth-order valence-electron chi connectivity index (χ4n) is 2.88. The van der Waals surface area contributed by atoms with Gasteiger partial charge in [0.15, 0.2) is 6.61 Å². The van der Waals surface area contributed by atoms with Gasteiger partial charge in [-0.25, -0.2) is 0 Å². The molecule has 1 amide bonds. The second kappa shape index (κ2) is 8.11. The maximum absolute atomic E-state index is 12.4. The number of anilines is 2. The zero-order valence-corrected chi connectivity index (χ0v) is 15.8. The average Bonchev–Trinajstić information content (AvgIpc) is 2.67. The summed E-state index contributed by atoms with van der Waals surface area (Å²) < 4.78 is 6.52. The Bertz CT molecular complexity index is 824. The predicted octanol–water partition coefficient (Wildman–Crippen LogP) is 2.63. The molecule has 0 spiro atoms. The number of amides is 1. The van der Waals surface area contributed by atoms with E-state index in [0.29, 0.717) is 43.2 Å². The molecule has 134 valence electrons. The van der Waals surface area contributed by atoms with E-state index in [1.54, 1.807) is 17.0 Å². The Morgan fingerprint density at radius 2 is 1.85 bits per heavy atom. The number of nitrogen functional groups attached to an aromatic ring is 1. The van der Waals surface area contributed by atoms with Crippen LogP contribution in [0.3, 0.4) is 0 Å². The summed E-state index contributed by atoms with van der Waals surface area (Å²) in [6, 6.07) is 14.9. The minimum atomic E-state index is -0.0367. The van der Waals surface area contributed by atoms with Crippen LogP contribution < -0.4 is 15.4 Å². The zero-order chi connectivity index (χ0) is 18.5. The molecule has 0 unspecified atom stereocenters. The fourth-order valence-corrected chi connectivity index (χ4v) is 3.15. The van der Waals surface area contributed by atoms with Crippen LogP contribution in [-0.2, 0) is 4.79 Å². The number of nitrogens with two attached hydrogens (primary N) is 1. The summed E-state index contributed by atoms with van der Waals surface area (Å²) in [6.45, 7) is 2.55.